The van der Waals surface area contributed by atoms with Gasteiger partial charge in [-0.3, -0.25) is 0 Å². The van der Waals surface area contributed by atoms with Crippen molar-refractivity contribution in [3.8, 4) is 0 Å². The van der Waals surface area contributed by atoms with E-state index in [4.69, 9.17) is 0 Å². The molecule has 0 atom stereocenters. The highest BCUT2D eigenvalue weighted by Gasteiger charge is 1.94. The molecule has 1 heteroatoms. The maximum atomic E-state index is 3.16. The van der Waals surface area contributed by atoms with Crippen molar-refractivity contribution in [2.24, 2.45) is 0 Å². The van der Waals surface area contributed by atoms with Crippen molar-refractivity contribution in [1.82, 2.24) is 5.32 Å². The van der Waals surface area contributed by atoms with E-state index in [-0.39, 0.29) is 1.43 Å². The number of rotatable bonds is 6. The van der Waals surface area contributed by atoms with Crippen LogP contribution in [0.3, 0.4) is 0 Å². The average Bonchev–Trinajstić information content (AvgIpc) is 2.21. The van der Waals surface area contributed by atoms with E-state index in [9.17, 15) is 0 Å². The van der Waals surface area contributed by atoms with Crippen molar-refractivity contribution in [2.75, 3.05) is 7.05 Å². The second kappa shape index (κ2) is 6.61. The van der Waals surface area contributed by atoms with Crippen LogP contribution in [0.15, 0.2) is 24.3 Å². The normalized spacial score (nSPS) is 10.4. The second-order valence-electron chi connectivity index (χ2n) is 3.80. The Hall–Kier alpha value is -0.820. The average molecular weight is 193 g/mol. The van der Waals surface area contributed by atoms with Crippen molar-refractivity contribution in [3.63, 3.8) is 0 Å². The van der Waals surface area contributed by atoms with Crippen LogP contribution in [0.5, 0.6) is 0 Å². The van der Waals surface area contributed by atoms with Gasteiger partial charge in [0.1, 0.15) is 0 Å². The molecule has 0 bridgehead atoms. The minimum Gasteiger partial charge on any atom is -0.316 e. The molecular weight excluding hydrogens is 170 g/mol. The van der Waals surface area contributed by atoms with Crippen LogP contribution in [-0.2, 0) is 13.0 Å². The number of benzene rings is 1. The molecule has 1 rings (SSSR count). The van der Waals surface area contributed by atoms with Gasteiger partial charge in [0, 0.05) is 7.97 Å². The molecule has 0 saturated heterocycles. The van der Waals surface area contributed by atoms with Gasteiger partial charge in [0.2, 0.25) is 0 Å². The Balaban J connectivity index is 0.00000196. The zero-order chi connectivity index (χ0) is 10.2. The van der Waals surface area contributed by atoms with Crippen LogP contribution >= 0.6 is 0 Å². The van der Waals surface area contributed by atoms with Crippen molar-refractivity contribution in [2.45, 2.75) is 39.2 Å². The van der Waals surface area contributed by atoms with Crippen LogP contribution in [0.4, 0.5) is 0 Å². The van der Waals surface area contributed by atoms with Gasteiger partial charge in [0.25, 0.3) is 0 Å². The number of hydrogen-bond acceptors (Lipinski definition) is 1. The van der Waals surface area contributed by atoms with Crippen LogP contribution < -0.4 is 5.32 Å². The third kappa shape index (κ3) is 3.93. The summed E-state index contributed by atoms with van der Waals surface area (Å²) in [6, 6.07) is 8.94. The number of nitrogens with one attached hydrogen (secondary N) is 1. The van der Waals surface area contributed by atoms with Crippen molar-refractivity contribution < 1.29 is 1.43 Å². The second-order valence-corrected chi connectivity index (χ2v) is 3.80. The Morgan fingerprint density at radius 2 is 1.71 bits per heavy atom. The summed E-state index contributed by atoms with van der Waals surface area (Å²) >= 11 is 0. The molecule has 0 saturated carbocycles. The molecule has 80 valence electrons. The van der Waals surface area contributed by atoms with Crippen LogP contribution in [0.1, 0.15) is 38.7 Å². The van der Waals surface area contributed by atoms with Gasteiger partial charge >= 0.3 is 0 Å². The van der Waals surface area contributed by atoms with Gasteiger partial charge < -0.3 is 5.32 Å². The lowest BCUT2D eigenvalue weighted by Crippen LogP contribution is -2.04. The lowest BCUT2D eigenvalue weighted by atomic mass is 10.1. The van der Waals surface area contributed by atoms with E-state index in [1.165, 1.54) is 36.8 Å². The Morgan fingerprint density at radius 3 is 2.29 bits per heavy atom. The highest BCUT2D eigenvalue weighted by atomic mass is 14.8. The SMILES string of the molecule is CCCCCc1ccc(CNC)cc1.[HH]. The summed E-state index contributed by atoms with van der Waals surface area (Å²) in [7, 11) is 1.98. The van der Waals surface area contributed by atoms with E-state index in [1.54, 1.807) is 0 Å². The topological polar surface area (TPSA) is 12.0 Å². The fourth-order valence-corrected chi connectivity index (χ4v) is 1.61. The summed E-state index contributed by atoms with van der Waals surface area (Å²) in [4.78, 5) is 0. The van der Waals surface area contributed by atoms with Crippen LogP contribution in [-0.4, -0.2) is 7.05 Å². The molecule has 0 aromatic heterocycles. The van der Waals surface area contributed by atoms with E-state index < -0.39 is 0 Å². The number of hydrogen-bond donors (Lipinski definition) is 1. The third-order valence-corrected chi connectivity index (χ3v) is 2.47. The summed E-state index contributed by atoms with van der Waals surface area (Å²) in [5.74, 6) is 0. The zero-order valence-electron chi connectivity index (χ0n) is 9.34. The lowest BCUT2D eigenvalue weighted by molar-refractivity contribution is 0.717. The van der Waals surface area contributed by atoms with Crippen molar-refractivity contribution >= 4 is 0 Å². The number of aryl methyl sites for hydroxylation is 1. The standard InChI is InChI=1S/C13H21N.H2/c1-3-4-5-6-12-7-9-13(10-8-12)11-14-2;/h7-10,14H,3-6,11H2,1-2H3;1H. The molecule has 0 unspecified atom stereocenters. The van der Waals surface area contributed by atoms with Crippen LogP contribution in [0, 0.1) is 0 Å². The Morgan fingerprint density at radius 1 is 1.07 bits per heavy atom. The van der Waals surface area contributed by atoms with E-state index in [2.05, 4.69) is 36.5 Å². The summed E-state index contributed by atoms with van der Waals surface area (Å²) in [6.45, 7) is 3.21. The third-order valence-electron chi connectivity index (χ3n) is 2.47. The first-order chi connectivity index (χ1) is 6.86. The summed E-state index contributed by atoms with van der Waals surface area (Å²) in [6.07, 6.45) is 5.20. The molecule has 0 aliphatic rings. The van der Waals surface area contributed by atoms with Gasteiger partial charge in [0.05, 0.1) is 0 Å². The van der Waals surface area contributed by atoms with Gasteiger partial charge in [-0.15, -0.1) is 0 Å². The predicted octanol–water partition coefficient (Wildman–Crippen LogP) is 3.38. The molecule has 0 radical (unpaired) electrons. The highest BCUT2D eigenvalue weighted by molar-refractivity contribution is 5.22. The van der Waals surface area contributed by atoms with E-state index in [0.717, 1.165) is 6.54 Å². The molecule has 14 heavy (non-hydrogen) atoms. The number of unbranched alkanes of at least 4 members (excludes halogenated alkanes) is 2. The summed E-state index contributed by atoms with van der Waals surface area (Å²) in [5, 5.41) is 3.16. The van der Waals surface area contributed by atoms with E-state index in [0.29, 0.717) is 0 Å². The first kappa shape index (κ1) is 11.3. The van der Waals surface area contributed by atoms with Crippen LogP contribution in [0.25, 0.3) is 0 Å². The van der Waals surface area contributed by atoms with Crippen molar-refractivity contribution in [1.29, 1.82) is 0 Å². The van der Waals surface area contributed by atoms with Crippen LogP contribution in [0.2, 0.25) is 0 Å². The zero-order valence-corrected chi connectivity index (χ0v) is 9.34. The maximum Gasteiger partial charge on any atom is 0.0202 e. The minimum atomic E-state index is 0. The monoisotopic (exact) mass is 193 g/mol. The smallest absolute Gasteiger partial charge is 0.0202 e. The van der Waals surface area contributed by atoms with E-state index >= 15 is 0 Å². The Labute approximate surface area is 89.0 Å². The molecule has 0 heterocycles. The molecule has 1 aromatic carbocycles. The molecular formula is C13H23N. The quantitative estimate of drug-likeness (QED) is 0.683. The van der Waals surface area contributed by atoms with Crippen molar-refractivity contribution in [3.05, 3.63) is 35.4 Å². The van der Waals surface area contributed by atoms with Gasteiger partial charge in [0.15, 0.2) is 0 Å². The predicted molar refractivity (Wildman–Crippen MR) is 64.5 cm³/mol. The Bertz CT molecular complexity index is 243. The first-order valence-corrected chi connectivity index (χ1v) is 5.59. The first-order valence-electron chi connectivity index (χ1n) is 5.59. The fraction of sp³-hybridized carbons (Fsp3) is 0.538. The molecule has 1 aromatic rings. The molecule has 0 fully saturated rings. The van der Waals surface area contributed by atoms with Gasteiger partial charge in [-0.25, -0.2) is 0 Å². The molecule has 0 aliphatic carbocycles. The summed E-state index contributed by atoms with van der Waals surface area (Å²) in [5.41, 5.74) is 2.84. The molecule has 1 N–H and O–H groups in total. The molecule has 1 nitrogen and oxygen atoms in total. The maximum absolute atomic E-state index is 3.16. The molecule has 0 spiro atoms. The van der Waals surface area contributed by atoms with Gasteiger partial charge in [-0.05, 0) is 31.0 Å². The molecule has 0 aliphatic heterocycles. The summed E-state index contributed by atoms with van der Waals surface area (Å²) < 4.78 is 0. The molecule has 0 amide bonds. The lowest BCUT2D eigenvalue weighted by Gasteiger charge is -2.03. The minimum absolute atomic E-state index is 0. The highest BCUT2D eigenvalue weighted by Crippen LogP contribution is 2.08. The van der Waals surface area contributed by atoms with Gasteiger partial charge in [-0.2, -0.15) is 0 Å². The fourth-order valence-electron chi connectivity index (χ4n) is 1.61. The Kier molecular flexibility index (Phi) is 5.31. The van der Waals surface area contributed by atoms with Gasteiger partial charge in [-0.1, -0.05) is 44.0 Å². The largest absolute Gasteiger partial charge is 0.316 e. The van der Waals surface area contributed by atoms with E-state index in [1.807, 2.05) is 7.05 Å².